The largest absolute Gasteiger partial charge is 0.396 e. The minimum absolute atomic E-state index is 0.255. The zero-order valence-electron chi connectivity index (χ0n) is 11.0. The van der Waals surface area contributed by atoms with E-state index in [0.717, 1.165) is 11.1 Å². The first-order valence-electron chi connectivity index (χ1n) is 6.18. The Bertz CT molecular complexity index is 744. The molecule has 0 aliphatic heterocycles. The summed E-state index contributed by atoms with van der Waals surface area (Å²) in [7, 11) is 1.84. The minimum atomic E-state index is -0.255. The summed E-state index contributed by atoms with van der Waals surface area (Å²) >= 11 is 0. The Hall–Kier alpha value is -2.63. The van der Waals surface area contributed by atoms with Crippen molar-refractivity contribution in [2.24, 2.45) is 7.05 Å². The minimum Gasteiger partial charge on any atom is -0.396 e. The molecule has 20 heavy (non-hydrogen) atoms. The number of benzene rings is 1. The number of aromatic nitrogens is 4. The van der Waals surface area contributed by atoms with Gasteiger partial charge in [-0.25, -0.2) is 4.39 Å². The maximum atomic E-state index is 13.2. The molecule has 0 saturated carbocycles. The predicted molar refractivity (Wildman–Crippen MR) is 74.3 cm³/mol. The lowest BCUT2D eigenvalue weighted by molar-refractivity contribution is 0.619. The van der Waals surface area contributed by atoms with Gasteiger partial charge >= 0.3 is 0 Å². The molecule has 0 aliphatic carbocycles. The Kier molecular flexibility index (Phi) is 2.98. The maximum Gasteiger partial charge on any atom is 0.123 e. The van der Waals surface area contributed by atoms with E-state index in [4.69, 9.17) is 5.73 Å². The lowest BCUT2D eigenvalue weighted by atomic mass is 10.2. The second-order valence-electron chi connectivity index (χ2n) is 4.66. The molecule has 2 aromatic heterocycles. The highest BCUT2D eigenvalue weighted by molar-refractivity contribution is 5.70. The topological polar surface area (TPSA) is 61.7 Å². The van der Waals surface area contributed by atoms with Gasteiger partial charge in [-0.1, -0.05) is 12.1 Å². The van der Waals surface area contributed by atoms with Gasteiger partial charge < -0.3 is 5.73 Å². The summed E-state index contributed by atoms with van der Waals surface area (Å²) in [5, 5.41) is 8.54. The summed E-state index contributed by atoms with van der Waals surface area (Å²) < 4.78 is 16.6. The van der Waals surface area contributed by atoms with Crippen LogP contribution in [0.25, 0.3) is 11.3 Å². The molecule has 5 nitrogen and oxygen atoms in total. The van der Waals surface area contributed by atoms with Crippen LogP contribution in [0, 0.1) is 5.82 Å². The first kappa shape index (κ1) is 12.4. The van der Waals surface area contributed by atoms with Gasteiger partial charge in [0.15, 0.2) is 0 Å². The molecule has 2 N–H and O–H groups in total. The summed E-state index contributed by atoms with van der Waals surface area (Å²) in [6, 6.07) is 6.44. The summed E-state index contributed by atoms with van der Waals surface area (Å²) in [6.07, 6.45) is 5.31. The first-order chi connectivity index (χ1) is 9.61. The van der Waals surface area contributed by atoms with Gasteiger partial charge in [0.05, 0.1) is 18.4 Å². The van der Waals surface area contributed by atoms with Crippen molar-refractivity contribution in [3.63, 3.8) is 0 Å². The van der Waals surface area contributed by atoms with E-state index >= 15 is 0 Å². The van der Waals surface area contributed by atoms with Gasteiger partial charge in [-0.2, -0.15) is 10.2 Å². The van der Waals surface area contributed by atoms with Gasteiger partial charge in [0, 0.05) is 25.0 Å². The van der Waals surface area contributed by atoms with Crippen molar-refractivity contribution in [3.8, 4) is 11.3 Å². The fourth-order valence-corrected chi connectivity index (χ4v) is 2.11. The highest BCUT2D eigenvalue weighted by Gasteiger charge is 2.10. The molecule has 0 atom stereocenters. The standard InChI is InChI=1S/C14H14FN5/c1-19-8-11(6-17-19)14-13(16)9-20(18-14)7-10-3-2-4-12(15)5-10/h2-6,8-9H,7,16H2,1H3. The van der Waals surface area contributed by atoms with Gasteiger partial charge in [0.1, 0.15) is 11.5 Å². The smallest absolute Gasteiger partial charge is 0.123 e. The normalized spacial score (nSPS) is 10.9. The number of hydrogen-bond donors (Lipinski definition) is 1. The van der Waals surface area contributed by atoms with Crippen LogP contribution in [0.15, 0.2) is 42.9 Å². The summed E-state index contributed by atoms with van der Waals surface area (Å²) in [6.45, 7) is 0.474. The van der Waals surface area contributed by atoms with Gasteiger partial charge in [0.2, 0.25) is 0 Å². The highest BCUT2D eigenvalue weighted by Crippen LogP contribution is 2.23. The zero-order chi connectivity index (χ0) is 14.1. The molecule has 0 amide bonds. The number of nitrogen functional groups attached to an aromatic ring is 1. The van der Waals surface area contributed by atoms with Crippen molar-refractivity contribution in [3.05, 3.63) is 54.2 Å². The number of nitrogens with zero attached hydrogens (tertiary/aromatic N) is 4. The second-order valence-corrected chi connectivity index (χ2v) is 4.66. The van der Waals surface area contributed by atoms with E-state index < -0.39 is 0 Å². The van der Waals surface area contributed by atoms with Gasteiger partial charge in [-0.3, -0.25) is 9.36 Å². The molecular weight excluding hydrogens is 257 g/mol. The van der Waals surface area contributed by atoms with E-state index in [1.54, 1.807) is 27.8 Å². The van der Waals surface area contributed by atoms with Crippen LogP contribution in [0.2, 0.25) is 0 Å². The molecule has 0 bridgehead atoms. The molecule has 0 radical (unpaired) electrons. The lowest BCUT2D eigenvalue weighted by Gasteiger charge is -2.01. The third-order valence-electron chi connectivity index (χ3n) is 3.00. The van der Waals surface area contributed by atoms with E-state index in [0.29, 0.717) is 17.9 Å². The van der Waals surface area contributed by atoms with Crippen molar-refractivity contribution in [1.29, 1.82) is 0 Å². The van der Waals surface area contributed by atoms with Crippen LogP contribution < -0.4 is 5.73 Å². The predicted octanol–water partition coefficient (Wildman–Crippen LogP) is 2.05. The molecule has 0 spiro atoms. The molecule has 0 unspecified atom stereocenters. The molecule has 3 rings (SSSR count). The van der Waals surface area contributed by atoms with Crippen LogP contribution in [-0.2, 0) is 13.6 Å². The molecule has 1 aromatic carbocycles. The summed E-state index contributed by atoms with van der Waals surface area (Å²) in [5.41, 5.74) is 8.94. The molecule has 0 aliphatic rings. The third-order valence-corrected chi connectivity index (χ3v) is 3.00. The Labute approximate surface area is 115 Å². The monoisotopic (exact) mass is 271 g/mol. The lowest BCUT2D eigenvalue weighted by Crippen LogP contribution is -2.00. The van der Waals surface area contributed by atoms with Crippen LogP contribution in [0.5, 0.6) is 0 Å². The summed E-state index contributed by atoms with van der Waals surface area (Å²) in [4.78, 5) is 0. The number of nitrogens with two attached hydrogens (primary N) is 1. The second kappa shape index (κ2) is 4.80. The first-order valence-corrected chi connectivity index (χ1v) is 6.18. The maximum absolute atomic E-state index is 13.2. The fourth-order valence-electron chi connectivity index (χ4n) is 2.11. The molecular formula is C14H14FN5. The number of rotatable bonds is 3. The van der Waals surface area contributed by atoms with Crippen LogP contribution in [0.3, 0.4) is 0 Å². The summed E-state index contributed by atoms with van der Waals surface area (Å²) in [5.74, 6) is -0.255. The Morgan fingerprint density at radius 2 is 2.15 bits per heavy atom. The number of anilines is 1. The quantitative estimate of drug-likeness (QED) is 0.793. The third kappa shape index (κ3) is 2.40. The fraction of sp³-hybridized carbons (Fsp3) is 0.143. The van der Waals surface area contributed by atoms with Crippen LogP contribution in [-0.4, -0.2) is 19.6 Å². The number of hydrogen-bond acceptors (Lipinski definition) is 3. The van der Waals surface area contributed by atoms with Crippen molar-refractivity contribution in [2.45, 2.75) is 6.54 Å². The van der Waals surface area contributed by atoms with Crippen molar-refractivity contribution in [2.75, 3.05) is 5.73 Å². The number of aryl methyl sites for hydroxylation is 1. The molecule has 102 valence electrons. The molecule has 2 heterocycles. The Morgan fingerprint density at radius 3 is 2.85 bits per heavy atom. The highest BCUT2D eigenvalue weighted by atomic mass is 19.1. The van der Waals surface area contributed by atoms with E-state index in [9.17, 15) is 4.39 Å². The van der Waals surface area contributed by atoms with Crippen LogP contribution in [0.4, 0.5) is 10.1 Å². The zero-order valence-corrected chi connectivity index (χ0v) is 11.0. The number of halogens is 1. The van der Waals surface area contributed by atoms with Crippen LogP contribution >= 0.6 is 0 Å². The van der Waals surface area contributed by atoms with Gasteiger partial charge in [-0.05, 0) is 17.7 Å². The Morgan fingerprint density at radius 1 is 1.30 bits per heavy atom. The SMILES string of the molecule is Cn1cc(-c2nn(Cc3cccc(F)c3)cc2N)cn1. The van der Waals surface area contributed by atoms with E-state index in [1.165, 1.54) is 12.1 Å². The van der Waals surface area contributed by atoms with E-state index in [2.05, 4.69) is 10.2 Å². The van der Waals surface area contributed by atoms with E-state index in [-0.39, 0.29) is 5.82 Å². The average molecular weight is 271 g/mol. The molecule has 0 fully saturated rings. The van der Waals surface area contributed by atoms with Gasteiger partial charge in [-0.15, -0.1) is 0 Å². The van der Waals surface area contributed by atoms with Crippen LogP contribution in [0.1, 0.15) is 5.56 Å². The molecule has 6 heteroatoms. The van der Waals surface area contributed by atoms with Crippen molar-refractivity contribution < 1.29 is 4.39 Å². The molecule has 0 saturated heterocycles. The van der Waals surface area contributed by atoms with E-state index in [1.807, 2.05) is 19.3 Å². The van der Waals surface area contributed by atoms with Gasteiger partial charge in [0.25, 0.3) is 0 Å². The van der Waals surface area contributed by atoms with Crippen molar-refractivity contribution in [1.82, 2.24) is 19.6 Å². The van der Waals surface area contributed by atoms with Crippen molar-refractivity contribution >= 4 is 5.69 Å². The average Bonchev–Trinajstić information content (AvgIpc) is 2.96. The molecule has 3 aromatic rings. The Balaban J connectivity index is 1.89.